The SMILES string of the molecule is CCNC(=NCC(CCO)CC(C)C)N(C)Cc1cnn(C)c1.I. The lowest BCUT2D eigenvalue weighted by atomic mass is 9.94. The van der Waals surface area contributed by atoms with E-state index >= 15 is 0 Å². The van der Waals surface area contributed by atoms with Crippen LogP contribution in [0.15, 0.2) is 17.4 Å². The Morgan fingerprint density at radius 1 is 1.46 bits per heavy atom. The second-order valence-corrected chi connectivity index (χ2v) is 6.58. The van der Waals surface area contributed by atoms with Crippen molar-refractivity contribution >= 4 is 29.9 Å². The van der Waals surface area contributed by atoms with E-state index in [2.05, 4.69) is 36.1 Å². The van der Waals surface area contributed by atoms with Gasteiger partial charge in [-0.15, -0.1) is 24.0 Å². The minimum Gasteiger partial charge on any atom is -0.396 e. The molecule has 0 fully saturated rings. The van der Waals surface area contributed by atoms with Crippen LogP contribution < -0.4 is 5.32 Å². The molecule has 0 saturated carbocycles. The summed E-state index contributed by atoms with van der Waals surface area (Å²) in [5, 5.41) is 16.8. The zero-order chi connectivity index (χ0) is 17.2. The highest BCUT2D eigenvalue weighted by Gasteiger charge is 2.12. The number of aliphatic hydroxyl groups is 1. The Morgan fingerprint density at radius 3 is 2.67 bits per heavy atom. The van der Waals surface area contributed by atoms with E-state index in [4.69, 9.17) is 4.99 Å². The van der Waals surface area contributed by atoms with Gasteiger partial charge in [-0.25, -0.2) is 0 Å². The third kappa shape index (κ3) is 8.86. The van der Waals surface area contributed by atoms with Gasteiger partial charge in [-0.2, -0.15) is 5.10 Å². The van der Waals surface area contributed by atoms with E-state index in [0.29, 0.717) is 11.8 Å². The first kappa shape index (κ1) is 23.2. The third-order valence-electron chi connectivity index (χ3n) is 3.72. The number of nitrogens with zero attached hydrogens (tertiary/aromatic N) is 4. The van der Waals surface area contributed by atoms with Crippen molar-refractivity contribution in [1.82, 2.24) is 20.0 Å². The molecule has 1 heterocycles. The van der Waals surface area contributed by atoms with Crippen molar-refractivity contribution in [1.29, 1.82) is 0 Å². The quantitative estimate of drug-likeness (QED) is 0.344. The predicted octanol–water partition coefficient (Wildman–Crippen LogP) is 2.48. The Morgan fingerprint density at radius 2 is 2.17 bits per heavy atom. The van der Waals surface area contributed by atoms with Gasteiger partial charge in [-0.05, 0) is 31.6 Å². The van der Waals surface area contributed by atoms with E-state index in [1.807, 2.05) is 31.2 Å². The van der Waals surface area contributed by atoms with Gasteiger partial charge in [0.05, 0.1) is 6.20 Å². The molecule has 0 radical (unpaired) electrons. The number of aromatic nitrogens is 2. The average molecular weight is 451 g/mol. The fourth-order valence-electron chi connectivity index (χ4n) is 2.72. The van der Waals surface area contributed by atoms with Gasteiger partial charge in [-0.3, -0.25) is 9.67 Å². The highest BCUT2D eigenvalue weighted by atomic mass is 127. The number of aliphatic imine (C=N–C) groups is 1. The van der Waals surface area contributed by atoms with Crippen LogP contribution in [0.3, 0.4) is 0 Å². The van der Waals surface area contributed by atoms with Gasteiger partial charge >= 0.3 is 0 Å². The molecule has 1 rings (SSSR count). The number of aliphatic hydroxyl groups excluding tert-OH is 1. The summed E-state index contributed by atoms with van der Waals surface area (Å²) in [5.41, 5.74) is 1.16. The van der Waals surface area contributed by atoms with Crippen LogP contribution in [0.5, 0.6) is 0 Å². The molecule has 1 aromatic heterocycles. The summed E-state index contributed by atoms with van der Waals surface area (Å²) in [6.07, 6.45) is 5.81. The van der Waals surface area contributed by atoms with Crippen molar-refractivity contribution in [2.24, 2.45) is 23.9 Å². The monoisotopic (exact) mass is 451 g/mol. The van der Waals surface area contributed by atoms with Crippen molar-refractivity contribution in [3.63, 3.8) is 0 Å². The maximum atomic E-state index is 9.24. The number of halogens is 1. The Bertz CT molecular complexity index is 475. The molecule has 1 atom stereocenters. The Kier molecular flexibility index (Phi) is 12.1. The lowest BCUT2D eigenvalue weighted by Crippen LogP contribution is -2.38. The fourth-order valence-corrected chi connectivity index (χ4v) is 2.72. The molecule has 2 N–H and O–H groups in total. The summed E-state index contributed by atoms with van der Waals surface area (Å²) in [6, 6.07) is 0. The van der Waals surface area contributed by atoms with Crippen molar-refractivity contribution in [3.8, 4) is 0 Å². The van der Waals surface area contributed by atoms with E-state index in [1.165, 1.54) is 0 Å². The summed E-state index contributed by atoms with van der Waals surface area (Å²) < 4.78 is 1.81. The minimum atomic E-state index is 0. The van der Waals surface area contributed by atoms with Gasteiger partial charge in [0.25, 0.3) is 0 Å². The number of guanidine groups is 1. The van der Waals surface area contributed by atoms with E-state index < -0.39 is 0 Å². The van der Waals surface area contributed by atoms with Crippen molar-refractivity contribution in [2.75, 3.05) is 26.7 Å². The van der Waals surface area contributed by atoms with E-state index in [9.17, 15) is 5.11 Å². The first-order valence-corrected chi connectivity index (χ1v) is 8.54. The van der Waals surface area contributed by atoms with Gasteiger partial charge in [0.1, 0.15) is 0 Å². The van der Waals surface area contributed by atoms with Crippen LogP contribution in [0, 0.1) is 11.8 Å². The summed E-state index contributed by atoms with van der Waals surface area (Å²) in [4.78, 5) is 6.90. The molecule has 140 valence electrons. The smallest absolute Gasteiger partial charge is 0.193 e. The number of nitrogens with one attached hydrogen (secondary N) is 1. The lowest BCUT2D eigenvalue weighted by Gasteiger charge is -2.23. The molecule has 7 heteroatoms. The molecular formula is C17H34IN5O. The van der Waals surface area contributed by atoms with Crippen LogP contribution in [0.4, 0.5) is 0 Å². The summed E-state index contributed by atoms with van der Waals surface area (Å²) >= 11 is 0. The summed E-state index contributed by atoms with van der Waals surface area (Å²) in [6.45, 7) is 9.10. The van der Waals surface area contributed by atoms with Gasteiger partial charge in [0.15, 0.2) is 5.96 Å². The van der Waals surface area contributed by atoms with Gasteiger partial charge in [-0.1, -0.05) is 13.8 Å². The third-order valence-corrected chi connectivity index (χ3v) is 3.72. The molecule has 0 aliphatic heterocycles. The average Bonchev–Trinajstić information content (AvgIpc) is 2.87. The van der Waals surface area contributed by atoms with E-state index in [-0.39, 0.29) is 30.6 Å². The van der Waals surface area contributed by atoms with Crippen LogP contribution in [0.2, 0.25) is 0 Å². The standard InChI is InChI=1S/C17H33N5O.HI/c1-6-18-17(19-10-15(7-8-23)9-14(2)3)21(4)12-16-11-20-22(5)13-16;/h11,13-15,23H,6-10,12H2,1-5H3,(H,18,19);1H. The Labute approximate surface area is 163 Å². The molecule has 1 aromatic rings. The molecule has 0 saturated heterocycles. The lowest BCUT2D eigenvalue weighted by molar-refractivity contribution is 0.245. The number of hydrogen-bond donors (Lipinski definition) is 2. The molecule has 6 nitrogen and oxygen atoms in total. The molecule has 0 aliphatic carbocycles. The van der Waals surface area contributed by atoms with E-state index in [0.717, 1.165) is 44.0 Å². The summed E-state index contributed by atoms with van der Waals surface area (Å²) in [7, 11) is 3.96. The van der Waals surface area contributed by atoms with Crippen LogP contribution in [0.25, 0.3) is 0 Å². The highest BCUT2D eigenvalue weighted by Crippen LogP contribution is 2.15. The normalized spacial score (nSPS) is 12.9. The fraction of sp³-hybridized carbons (Fsp3) is 0.765. The topological polar surface area (TPSA) is 65.7 Å². The van der Waals surface area contributed by atoms with Crippen LogP contribution in [0.1, 0.15) is 39.2 Å². The highest BCUT2D eigenvalue weighted by molar-refractivity contribution is 14.0. The van der Waals surface area contributed by atoms with E-state index in [1.54, 1.807) is 0 Å². The number of rotatable bonds is 9. The van der Waals surface area contributed by atoms with Gasteiger partial charge < -0.3 is 15.3 Å². The predicted molar refractivity (Wildman–Crippen MR) is 111 cm³/mol. The summed E-state index contributed by atoms with van der Waals surface area (Å²) in [5.74, 6) is 1.96. The molecule has 0 amide bonds. The first-order valence-electron chi connectivity index (χ1n) is 8.54. The Hall–Kier alpha value is -0.830. The zero-order valence-electron chi connectivity index (χ0n) is 15.7. The second-order valence-electron chi connectivity index (χ2n) is 6.58. The minimum absolute atomic E-state index is 0. The van der Waals surface area contributed by atoms with Gasteiger partial charge in [0.2, 0.25) is 0 Å². The zero-order valence-corrected chi connectivity index (χ0v) is 18.0. The molecular weight excluding hydrogens is 417 g/mol. The van der Waals surface area contributed by atoms with Crippen molar-refractivity contribution in [2.45, 2.75) is 40.2 Å². The van der Waals surface area contributed by atoms with Crippen molar-refractivity contribution < 1.29 is 5.11 Å². The largest absolute Gasteiger partial charge is 0.396 e. The van der Waals surface area contributed by atoms with Crippen LogP contribution >= 0.6 is 24.0 Å². The molecule has 0 spiro atoms. The first-order chi connectivity index (χ1) is 11.0. The van der Waals surface area contributed by atoms with Crippen LogP contribution in [-0.2, 0) is 13.6 Å². The number of aryl methyl sites for hydroxylation is 1. The Balaban J connectivity index is 0.00000529. The van der Waals surface area contributed by atoms with Crippen molar-refractivity contribution in [3.05, 3.63) is 18.0 Å². The molecule has 0 bridgehead atoms. The molecule has 24 heavy (non-hydrogen) atoms. The maximum absolute atomic E-state index is 9.24. The molecule has 0 aliphatic rings. The molecule has 1 unspecified atom stereocenters. The maximum Gasteiger partial charge on any atom is 0.193 e. The van der Waals surface area contributed by atoms with Gasteiger partial charge in [0, 0.05) is 52.1 Å². The second kappa shape index (κ2) is 12.5. The van der Waals surface area contributed by atoms with Crippen LogP contribution in [-0.4, -0.2) is 52.5 Å². The molecule has 0 aromatic carbocycles. The number of hydrogen-bond acceptors (Lipinski definition) is 3.